The normalized spacial score (nSPS) is 17.6. The number of rotatable bonds is 5. The van der Waals surface area contributed by atoms with E-state index in [2.05, 4.69) is 25.4 Å². The van der Waals surface area contributed by atoms with Crippen LogP contribution in [0.1, 0.15) is 25.6 Å². The summed E-state index contributed by atoms with van der Waals surface area (Å²) >= 11 is 0. The van der Waals surface area contributed by atoms with Crippen LogP contribution in [0.5, 0.6) is 0 Å². The number of hydrogen-bond acceptors (Lipinski definition) is 5. The van der Waals surface area contributed by atoms with Crippen LogP contribution in [-0.4, -0.2) is 48.0 Å². The molecule has 1 aliphatic heterocycles. The Morgan fingerprint density at radius 3 is 2.88 bits per heavy atom. The van der Waals surface area contributed by atoms with Crippen LogP contribution in [0.4, 0.5) is 5.95 Å². The molecule has 1 fully saturated rings. The van der Waals surface area contributed by atoms with Gasteiger partial charge in [0.2, 0.25) is 5.95 Å². The number of aromatic amines is 1. The highest BCUT2D eigenvalue weighted by atomic mass is 16.5. The van der Waals surface area contributed by atoms with E-state index >= 15 is 0 Å². The summed E-state index contributed by atoms with van der Waals surface area (Å²) in [6, 6.07) is 0.632. The third kappa shape index (κ3) is 3.17. The second-order valence-electron chi connectivity index (χ2n) is 4.27. The molecule has 0 aliphatic carbocycles. The van der Waals surface area contributed by atoms with Crippen molar-refractivity contribution in [2.45, 2.75) is 32.4 Å². The molecule has 1 aliphatic rings. The number of nitrogens with zero attached hydrogens (tertiary/aromatic N) is 3. The number of ether oxygens (including phenoxy) is 1. The fourth-order valence-electron chi connectivity index (χ4n) is 2.06. The average molecular weight is 239 g/mol. The molecule has 0 amide bonds. The molecule has 0 saturated carbocycles. The third-order valence-corrected chi connectivity index (χ3v) is 3.15. The molecule has 2 rings (SSSR count). The standard InChI is InChI=1S/C11H21N5O/c1-3-17-8-10-13-11(15-14-10)16-6-4-9(12-2)5-7-16/h9,12H,3-8H2,1-2H3,(H,13,14,15). The van der Waals surface area contributed by atoms with Crippen LogP contribution in [-0.2, 0) is 11.3 Å². The molecule has 0 radical (unpaired) electrons. The van der Waals surface area contributed by atoms with Crippen LogP contribution in [0.2, 0.25) is 0 Å². The van der Waals surface area contributed by atoms with Crippen LogP contribution in [0.25, 0.3) is 0 Å². The van der Waals surface area contributed by atoms with Gasteiger partial charge in [-0.1, -0.05) is 0 Å². The largest absolute Gasteiger partial charge is 0.374 e. The molecule has 0 bridgehead atoms. The summed E-state index contributed by atoms with van der Waals surface area (Å²) in [7, 11) is 2.02. The lowest BCUT2D eigenvalue weighted by Gasteiger charge is -2.30. The van der Waals surface area contributed by atoms with Gasteiger partial charge in [0, 0.05) is 25.7 Å². The molecule has 0 atom stereocenters. The van der Waals surface area contributed by atoms with Gasteiger partial charge in [-0.25, -0.2) is 0 Å². The number of nitrogens with one attached hydrogen (secondary N) is 2. The van der Waals surface area contributed by atoms with Crippen molar-refractivity contribution in [1.82, 2.24) is 20.5 Å². The fraction of sp³-hybridized carbons (Fsp3) is 0.818. The monoisotopic (exact) mass is 239 g/mol. The minimum atomic E-state index is 0.510. The van der Waals surface area contributed by atoms with Crippen molar-refractivity contribution in [3.8, 4) is 0 Å². The molecule has 6 heteroatoms. The minimum absolute atomic E-state index is 0.510. The maximum absolute atomic E-state index is 5.29. The molecule has 2 N–H and O–H groups in total. The molecule has 0 aromatic carbocycles. The number of aromatic nitrogens is 3. The van der Waals surface area contributed by atoms with Crippen LogP contribution in [0.15, 0.2) is 0 Å². The van der Waals surface area contributed by atoms with Gasteiger partial charge in [0.25, 0.3) is 0 Å². The maximum atomic E-state index is 5.29. The van der Waals surface area contributed by atoms with Gasteiger partial charge in [0.05, 0.1) is 0 Å². The van der Waals surface area contributed by atoms with Crippen LogP contribution < -0.4 is 10.2 Å². The van der Waals surface area contributed by atoms with E-state index in [1.54, 1.807) is 0 Å². The Labute approximate surface area is 102 Å². The van der Waals surface area contributed by atoms with Gasteiger partial charge in [-0.3, -0.25) is 5.10 Å². The molecule has 96 valence electrons. The van der Waals surface area contributed by atoms with Crippen molar-refractivity contribution in [2.75, 3.05) is 31.6 Å². The molecule has 1 saturated heterocycles. The number of H-pyrrole nitrogens is 1. The first-order chi connectivity index (χ1) is 8.33. The van der Waals surface area contributed by atoms with Crippen molar-refractivity contribution in [3.05, 3.63) is 5.82 Å². The highest BCUT2D eigenvalue weighted by Crippen LogP contribution is 2.15. The SMILES string of the molecule is CCOCc1nc(N2CCC(NC)CC2)n[nH]1. The second-order valence-corrected chi connectivity index (χ2v) is 4.27. The summed E-state index contributed by atoms with van der Waals surface area (Å²) < 4.78 is 5.29. The van der Waals surface area contributed by atoms with E-state index in [0.717, 1.165) is 37.7 Å². The second kappa shape index (κ2) is 5.97. The van der Waals surface area contributed by atoms with Crippen LogP contribution >= 0.6 is 0 Å². The van der Waals surface area contributed by atoms with E-state index in [-0.39, 0.29) is 0 Å². The predicted molar refractivity (Wildman–Crippen MR) is 66.0 cm³/mol. The van der Waals surface area contributed by atoms with Crippen molar-refractivity contribution in [2.24, 2.45) is 0 Å². The van der Waals surface area contributed by atoms with Gasteiger partial charge in [0.1, 0.15) is 6.61 Å². The first-order valence-electron chi connectivity index (χ1n) is 6.24. The zero-order valence-corrected chi connectivity index (χ0v) is 10.6. The Kier molecular flexibility index (Phi) is 4.33. The summed E-state index contributed by atoms with van der Waals surface area (Å²) in [5, 5.41) is 10.5. The highest BCUT2D eigenvalue weighted by Gasteiger charge is 2.20. The molecular formula is C11H21N5O. The van der Waals surface area contributed by atoms with E-state index in [1.807, 2.05) is 14.0 Å². The molecule has 2 heterocycles. The zero-order valence-electron chi connectivity index (χ0n) is 10.6. The molecule has 0 unspecified atom stereocenters. The lowest BCUT2D eigenvalue weighted by atomic mass is 10.1. The molecule has 0 spiro atoms. The molecule has 1 aromatic heterocycles. The Morgan fingerprint density at radius 2 is 2.24 bits per heavy atom. The van der Waals surface area contributed by atoms with E-state index in [4.69, 9.17) is 4.74 Å². The third-order valence-electron chi connectivity index (χ3n) is 3.15. The van der Waals surface area contributed by atoms with Gasteiger partial charge in [-0.05, 0) is 26.8 Å². The zero-order chi connectivity index (χ0) is 12.1. The molecular weight excluding hydrogens is 218 g/mol. The molecule has 1 aromatic rings. The summed E-state index contributed by atoms with van der Waals surface area (Å²) in [5.74, 6) is 1.60. The highest BCUT2D eigenvalue weighted by molar-refractivity contribution is 5.29. The van der Waals surface area contributed by atoms with Gasteiger partial charge < -0.3 is 15.0 Å². The molecule has 17 heavy (non-hydrogen) atoms. The summed E-state index contributed by atoms with van der Waals surface area (Å²) in [6.45, 7) is 5.20. The van der Waals surface area contributed by atoms with Crippen LogP contribution in [0.3, 0.4) is 0 Å². The van der Waals surface area contributed by atoms with E-state index in [1.165, 1.54) is 0 Å². The lowest BCUT2D eigenvalue weighted by molar-refractivity contribution is 0.128. The van der Waals surface area contributed by atoms with Crippen LogP contribution in [0, 0.1) is 0 Å². The van der Waals surface area contributed by atoms with E-state index in [0.29, 0.717) is 19.3 Å². The maximum Gasteiger partial charge on any atom is 0.244 e. The number of piperidine rings is 1. The van der Waals surface area contributed by atoms with Crippen molar-refractivity contribution in [3.63, 3.8) is 0 Å². The minimum Gasteiger partial charge on any atom is -0.374 e. The predicted octanol–water partition coefficient (Wildman–Crippen LogP) is 0.529. The van der Waals surface area contributed by atoms with Gasteiger partial charge in [-0.2, -0.15) is 4.98 Å². The van der Waals surface area contributed by atoms with E-state index in [9.17, 15) is 0 Å². The summed E-state index contributed by atoms with van der Waals surface area (Å²) in [5.41, 5.74) is 0. The van der Waals surface area contributed by atoms with Crippen molar-refractivity contribution in [1.29, 1.82) is 0 Å². The lowest BCUT2D eigenvalue weighted by Crippen LogP contribution is -2.41. The molecule has 6 nitrogen and oxygen atoms in total. The Bertz CT molecular complexity index is 332. The van der Waals surface area contributed by atoms with Crippen molar-refractivity contribution < 1.29 is 4.74 Å². The van der Waals surface area contributed by atoms with Gasteiger partial charge in [-0.15, -0.1) is 5.10 Å². The topological polar surface area (TPSA) is 66.1 Å². The summed E-state index contributed by atoms with van der Waals surface area (Å²) in [4.78, 5) is 6.66. The Morgan fingerprint density at radius 1 is 1.47 bits per heavy atom. The van der Waals surface area contributed by atoms with Gasteiger partial charge in [0.15, 0.2) is 5.82 Å². The number of hydrogen-bond donors (Lipinski definition) is 2. The summed E-state index contributed by atoms with van der Waals surface area (Å²) in [6.07, 6.45) is 2.29. The van der Waals surface area contributed by atoms with E-state index < -0.39 is 0 Å². The smallest absolute Gasteiger partial charge is 0.244 e. The Hall–Kier alpha value is -1.14. The fourth-order valence-corrected chi connectivity index (χ4v) is 2.06. The Balaban J connectivity index is 1.87. The first kappa shape index (κ1) is 12.3. The quantitative estimate of drug-likeness (QED) is 0.784. The average Bonchev–Trinajstić information content (AvgIpc) is 2.85. The van der Waals surface area contributed by atoms with Gasteiger partial charge >= 0.3 is 0 Å². The number of anilines is 1. The first-order valence-corrected chi connectivity index (χ1v) is 6.24. The van der Waals surface area contributed by atoms with Crippen molar-refractivity contribution >= 4 is 5.95 Å².